The molecule has 2 aliphatic carbocycles. The summed E-state index contributed by atoms with van der Waals surface area (Å²) in [4.78, 5) is 11.6. The van der Waals surface area contributed by atoms with Crippen LogP contribution in [0.2, 0.25) is 0 Å². The van der Waals surface area contributed by atoms with Gasteiger partial charge in [0, 0.05) is 17.8 Å². The number of aliphatic hydroxyl groups is 1. The van der Waals surface area contributed by atoms with E-state index >= 15 is 0 Å². The highest BCUT2D eigenvalue weighted by atomic mass is 16.3. The van der Waals surface area contributed by atoms with Gasteiger partial charge in [0.15, 0.2) is 0 Å². The van der Waals surface area contributed by atoms with Crippen molar-refractivity contribution < 1.29 is 9.90 Å². The largest absolute Gasteiger partial charge is 0.393 e. The van der Waals surface area contributed by atoms with Crippen molar-refractivity contribution in [1.82, 2.24) is 0 Å². The van der Waals surface area contributed by atoms with Crippen LogP contribution in [0.25, 0.3) is 0 Å². The van der Waals surface area contributed by atoms with Crippen LogP contribution >= 0.6 is 0 Å². The van der Waals surface area contributed by atoms with E-state index in [1.165, 1.54) is 0 Å². The van der Waals surface area contributed by atoms with Crippen LogP contribution in [0.15, 0.2) is 0 Å². The molecule has 0 aromatic carbocycles. The Morgan fingerprint density at radius 1 is 1.38 bits per heavy atom. The maximum Gasteiger partial charge on any atom is 0.136 e. The summed E-state index contributed by atoms with van der Waals surface area (Å²) >= 11 is 0. The fourth-order valence-corrected chi connectivity index (χ4v) is 3.01. The molecule has 74 valence electrons. The number of carbonyl (C=O) groups excluding carboxylic acids is 1. The van der Waals surface area contributed by atoms with Crippen molar-refractivity contribution in [2.24, 2.45) is 11.3 Å². The molecular weight excluding hydrogens is 164 g/mol. The average Bonchev–Trinajstić information content (AvgIpc) is 2.30. The van der Waals surface area contributed by atoms with Crippen molar-refractivity contribution in [1.29, 1.82) is 0 Å². The van der Waals surface area contributed by atoms with Gasteiger partial charge in [-0.05, 0) is 19.3 Å². The number of fused-ring (bicyclic) bond motifs is 1. The lowest BCUT2D eigenvalue weighted by molar-refractivity contribution is -0.123. The topological polar surface area (TPSA) is 37.3 Å². The van der Waals surface area contributed by atoms with E-state index in [4.69, 9.17) is 0 Å². The smallest absolute Gasteiger partial charge is 0.136 e. The van der Waals surface area contributed by atoms with E-state index in [9.17, 15) is 9.90 Å². The quantitative estimate of drug-likeness (QED) is 0.621. The van der Waals surface area contributed by atoms with Crippen molar-refractivity contribution in [2.75, 3.05) is 0 Å². The second-order valence-electron chi connectivity index (χ2n) is 4.82. The Labute approximate surface area is 79.3 Å². The van der Waals surface area contributed by atoms with Gasteiger partial charge in [-0.25, -0.2) is 0 Å². The first kappa shape index (κ1) is 9.20. The molecule has 1 N–H and O–H groups in total. The molecule has 2 unspecified atom stereocenters. The van der Waals surface area contributed by atoms with Crippen LogP contribution in [-0.4, -0.2) is 17.0 Å². The minimum absolute atomic E-state index is 0.0897. The third-order valence-corrected chi connectivity index (χ3v) is 4.08. The average molecular weight is 182 g/mol. The van der Waals surface area contributed by atoms with E-state index < -0.39 is 0 Å². The number of Topliss-reactive ketones (excluding diaryl/α,β-unsaturated/α-hetero) is 1. The highest BCUT2D eigenvalue weighted by Gasteiger charge is 2.49. The van der Waals surface area contributed by atoms with Crippen LogP contribution in [0.1, 0.15) is 45.4 Å². The van der Waals surface area contributed by atoms with Gasteiger partial charge in [0.1, 0.15) is 5.78 Å². The van der Waals surface area contributed by atoms with E-state index in [0.29, 0.717) is 12.2 Å². The van der Waals surface area contributed by atoms with Crippen LogP contribution in [0.3, 0.4) is 0 Å². The van der Waals surface area contributed by atoms with Crippen LogP contribution < -0.4 is 0 Å². The van der Waals surface area contributed by atoms with Gasteiger partial charge in [0.2, 0.25) is 0 Å². The number of hydrogen-bond donors (Lipinski definition) is 1. The molecule has 3 atom stereocenters. The lowest BCUT2D eigenvalue weighted by Gasteiger charge is -2.33. The number of rotatable bonds is 0. The Bertz CT molecular complexity index is 224. The summed E-state index contributed by atoms with van der Waals surface area (Å²) in [7, 11) is 0. The molecule has 0 aromatic rings. The Hall–Kier alpha value is -0.370. The Morgan fingerprint density at radius 2 is 2.08 bits per heavy atom. The first-order chi connectivity index (χ1) is 6.14. The maximum absolute atomic E-state index is 11.6. The number of hydrogen-bond acceptors (Lipinski definition) is 2. The fourth-order valence-electron chi connectivity index (χ4n) is 3.01. The summed E-state index contributed by atoms with van der Waals surface area (Å²) in [6.45, 7) is 2.10. The molecule has 0 radical (unpaired) electrons. The summed E-state index contributed by atoms with van der Waals surface area (Å²) < 4.78 is 0. The molecule has 0 bridgehead atoms. The van der Waals surface area contributed by atoms with Crippen LogP contribution in [-0.2, 0) is 4.79 Å². The van der Waals surface area contributed by atoms with E-state index in [1.807, 2.05) is 0 Å². The Morgan fingerprint density at radius 3 is 2.85 bits per heavy atom. The highest BCUT2D eigenvalue weighted by molar-refractivity contribution is 5.84. The van der Waals surface area contributed by atoms with Crippen molar-refractivity contribution >= 4 is 5.78 Å². The number of ketones is 1. The molecule has 0 aromatic heterocycles. The van der Waals surface area contributed by atoms with E-state index in [2.05, 4.69) is 6.92 Å². The third kappa shape index (κ3) is 1.32. The van der Waals surface area contributed by atoms with Gasteiger partial charge in [-0.2, -0.15) is 0 Å². The highest BCUT2D eigenvalue weighted by Crippen LogP contribution is 2.48. The second-order valence-corrected chi connectivity index (χ2v) is 4.82. The molecule has 0 saturated heterocycles. The van der Waals surface area contributed by atoms with Gasteiger partial charge in [0.05, 0.1) is 6.10 Å². The molecular formula is C11H18O2. The molecule has 0 amide bonds. The molecule has 2 rings (SSSR count). The minimum Gasteiger partial charge on any atom is -0.393 e. The third-order valence-electron chi connectivity index (χ3n) is 4.08. The van der Waals surface area contributed by atoms with Gasteiger partial charge in [-0.15, -0.1) is 0 Å². The second kappa shape index (κ2) is 3.09. The summed E-state index contributed by atoms with van der Waals surface area (Å²) in [5, 5.41) is 9.98. The van der Waals surface area contributed by atoms with Crippen molar-refractivity contribution in [3.05, 3.63) is 0 Å². The van der Waals surface area contributed by atoms with Crippen molar-refractivity contribution in [2.45, 2.75) is 51.6 Å². The molecule has 0 spiro atoms. The molecule has 0 heterocycles. The number of carbonyl (C=O) groups is 1. The predicted molar refractivity (Wildman–Crippen MR) is 50.3 cm³/mol. The van der Waals surface area contributed by atoms with Crippen LogP contribution in [0.4, 0.5) is 0 Å². The zero-order valence-electron chi connectivity index (χ0n) is 8.25. The van der Waals surface area contributed by atoms with Gasteiger partial charge in [-0.3, -0.25) is 4.79 Å². The zero-order chi connectivity index (χ0) is 9.47. The lowest BCUT2D eigenvalue weighted by Crippen LogP contribution is -2.35. The SMILES string of the molecule is CC12CCC(=O)[C@H]1CCCCC2O. The molecule has 2 aliphatic rings. The Kier molecular flexibility index (Phi) is 2.18. The summed E-state index contributed by atoms with van der Waals surface area (Å²) in [6, 6.07) is 0. The molecule has 2 nitrogen and oxygen atoms in total. The monoisotopic (exact) mass is 182 g/mol. The van der Waals surface area contributed by atoms with Gasteiger partial charge >= 0.3 is 0 Å². The van der Waals surface area contributed by atoms with Crippen molar-refractivity contribution in [3.8, 4) is 0 Å². The normalized spacial score (nSPS) is 45.8. The molecule has 2 saturated carbocycles. The first-order valence-electron chi connectivity index (χ1n) is 5.35. The van der Waals surface area contributed by atoms with E-state index in [0.717, 1.165) is 32.1 Å². The fraction of sp³-hybridized carbons (Fsp3) is 0.909. The van der Waals surface area contributed by atoms with Gasteiger partial charge in [-0.1, -0.05) is 19.8 Å². The molecule has 0 aliphatic heterocycles. The Balaban J connectivity index is 2.26. The predicted octanol–water partition coefficient (Wildman–Crippen LogP) is 1.91. The number of aliphatic hydroxyl groups excluding tert-OH is 1. The molecule has 2 fully saturated rings. The lowest BCUT2D eigenvalue weighted by atomic mass is 9.74. The minimum atomic E-state index is -0.244. The molecule has 13 heavy (non-hydrogen) atoms. The summed E-state index contributed by atoms with van der Waals surface area (Å²) in [5.74, 6) is 0.549. The zero-order valence-corrected chi connectivity index (χ0v) is 8.25. The van der Waals surface area contributed by atoms with E-state index in [-0.39, 0.29) is 17.4 Å². The van der Waals surface area contributed by atoms with Crippen LogP contribution in [0, 0.1) is 11.3 Å². The summed E-state index contributed by atoms with van der Waals surface area (Å²) in [5.41, 5.74) is -0.0897. The maximum atomic E-state index is 11.6. The standard InChI is InChI=1S/C11H18O2/c1-11-7-6-9(12)8(11)4-2-3-5-10(11)13/h8,10,13H,2-7H2,1H3/t8-,10?,11?/m1/s1. The van der Waals surface area contributed by atoms with Crippen molar-refractivity contribution in [3.63, 3.8) is 0 Å². The van der Waals surface area contributed by atoms with Gasteiger partial charge < -0.3 is 5.11 Å². The van der Waals surface area contributed by atoms with Gasteiger partial charge in [0.25, 0.3) is 0 Å². The van der Waals surface area contributed by atoms with Crippen LogP contribution in [0.5, 0.6) is 0 Å². The van der Waals surface area contributed by atoms with E-state index in [1.54, 1.807) is 0 Å². The summed E-state index contributed by atoms with van der Waals surface area (Å²) in [6.07, 6.45) is 5.44. The first-order valence-corrected chi connectivity index (χ1v) is 5.35. The molecule has 2 heteroatoms.